The topological polar surface area (TPSA) is 102 Å². The molecule has 0 aromatic carbocycles. The molecule has 1 amide bonds. The maximum absolute atomic E-state index is 12.0. The summed E-state index contributed by atoms with van der Waals surface area (Å²) in [5, 5.41) is 11.9. The summed E-state index contributed by atoms with van der Waals surface area (Å²) in [6.45, 7) is 0.640. The molecule has 0 bridgehead atoms. The summed E-state index contributed by atoms with van der Waals surface area (Å²) in [5.41, 5.74) is 4.66. The number of carboxylic acids is 1. The number of rotatable bonds is 3. The highest BCUT2D eigenvalue weighted by atomic mass is 16.5. The Morgan fingerprint density at radius 3 is 2.41 bits per heavy atom. The van der Waals surface area contributed by atoms with Crippen molar-refractivity contribution in [2.24, 2.45) is 11.7 Å². The van der Waals surface area contributed by atoms with Gasteiger partial charge in [0, 0.05) is 6.04 Å². The Morgan fingerprint density at radius 2 is 1.94 bits per heavy atom. The number of hydrogen-bond donors (Lipinski definition) is 3. The average molecular weight is 242 g/mol. The first kappa shape index (κ1) is 12.3. The number of carbonyl (C=O) groups excluding carboxylic acids is 1. The van der Waals surface area contributed by atoms with Gasteiger partial charge in [-0.3, -0.25) is 4.79 Å². The fourth-order valence-corrected chi connectivity index (χ4v) is 2.54. The molecule has 0 radical (unpaired) electrons. The molecule has 0 aromatic heterocycles. The van der Waals surface area contributed by atoms with Crippen LogP contribution in [0, 0.1) is 5.92 Å². The molecular weight excluding hydrogens is 224 g/mol. The first-order valence-electron chi connectivity index (χ1n) is 5.94. The summed E-state index contributed by atoms with van der Waals surface area (Å²) in [7, 11) is 0. The number of ether oxygens (including phenoxy) is 1. The largest absolute Gasteiger partial charge is 0.480 e. The molecule has 0 aromatic rings. The van der Waals surface area contributed by atoms with Crippen LogP contribution in [0.25, 0.3) is 0 Å². The van der Waals surface area contributed by atoms with Gasteiger partial charge in [0.1, 0.15) is 5.54 Å². The second-order valence-corrected chi connectivity index (χ2v) is 4.89. The zero-order chi connectivity index (χ0) is 12.5. The highest BCUT2D eigenvalue weighted by Gasteiger charge is 2.44. The Labute approximate surface area is 99.5 Å². The third-order valence-electron chi connectivity index (χ3n) is 3.69. The first-order chi connectivity index (χ1) is 8.05. The Hall–Kier alpha value is -1.14. The van der Waals surface area contributed by atoms with Gasteiger partial charge in [-0.15, -0.1) is 0 Å². The molecule has 1 heterocycles. The van der Waals surface area contributed by atoms with E-state index in [1.165, 1.54) is 0 Å². The van der Waals surface area contributed by atoms with E-state index in [9.17, 15) is 14.7 Å². The Morgan fingerprint density at radius 1 is 1.29 bits per heavy atom. The van der Waals surface area contributed by atoms with Crippen LogP contribution in [-0.4, -0.2) is 41.8 Å². The second-order valence-electron chi connectivity index (χ2n) is 4.89. The van der Waals surface area contributed by atoms with Crippen molar-refractivity contribution in [3.8, 4) is 0 Å². The molecule has 1 aliphatic carbocycles. The summed E-state index contributed by atoms with van der Waals surface area (Å²) in [6, 6.07) is -0.331. The van der Waals surface area contributed by atoms with E-state index >= 15 is 0 Å². The number of aliphatic carboxylic acids is 1. The number of nitrogens with two attached hydrogens (primary N) is 1. The van der Waals surface area contributed by atoms with Crippen molar-refractivity contribution in [3.63, 3.8) is 0 Å². The van der Waals surface area contributed by atoms with Crippen LogP contribution < -0.4 is 11.1 Å². The predicted octanol–water partition coefficient (Wildman–Crippen LogP) is -0.526. The summed E-state index contributed by atoms with van der Waals surface area (Å²) < 4.78 is 5.12. The van der Waals surface area contributed by atoms with Crippen LogP contribution in [0.15, 0.2) is 0 Å². The molecule has 2 aliphatic rings. The minimum atomic E-state index is -1.08. The van der Waals surface area contributed by atoms with Crippen molar-refractivity contribution in [1.29, 1.82) is 0 Å². The van der Waals surface area contributed by atoms with Gasteiger partial charge in [0.05, 0.1) is 19.1 Å². The maximum atomic E-state index is 12.0. The Kier molecular flexibility index (Phi) is 3.35. The predicted molar refractivity (Wildman–Crippen MR) is 59.3 cm³/mol. The van der Waals surface area contributed by atoms with E-state index in [4.69, 9.17) is 10.5 Å². The molecule has 1 saturated carbocycles. The molecule has 6 nitrogen and oxygen atoms in total. The minimum Gasteiger partial charge on any atom is -0.480 e. The molecule has 2 unspecified atom stereocenters. The van der Waals surface area contributed by atoms with Gasteiger partial charge in [-0.2, -0.15) is 0 Å². The third-order valence-corrected chi connectivity index (χ3v) is 3.69. The highest BCUT2D eigenvalue weighted by Crippen LogP contribution is 2.30. The number of amides is 1. The minimum absolute atomic E-state index is 0.280. The van der Waals surface area contributed by atoms with Crippen LogP contribution in [0.1, 0.15) is 25.7 Å². The van der Waals surface area contributed by atoms with E-state index < -0.39 is 17.4 Å². The lowest BCUT2D eigenvalue weighted by Crippen LogP contribution is -2.56. The van der Waals surface area contributed by atoms with Crippen LogP contribution in [0.3, 0.4) is 0 Å². The first-order valence-corrected chi connectivity index (χ1v) is 5.94. The molecular formula is C11H18N2O4. The molecule has 6 heteroatoms. The lowest BCUT2D eigenvalue weighted by molar-refractivity contribution is -0.148. The number of carbonyl (C=O) groups is 2. The zero-order valence-corrected chi connectivity index (χ0v) is 9.65. The van der Waals surface area contributed by atoms with Crippen molar-refractivity contribution in [3.05, 3.63) is 0 Å². The molecule has 2 atom stereocenters. The normalized spacial score (nSPS) is 31.4. The molecule has 17 heavy (non-hydrogen) atoms. The maximum Gasteiger partial charge on any atom is 0.329 e. The monoisotopic (exact) mass is 242 g/mol. The Bertz CT molecular complexity index is 325. The van der Waals surface area contributed by atoms with Gasteiger partial charge in [0.2, 0.25) is 5.91 Å². The van der Waals surface area contributed by atoms with Gasteiger partial charge in [0.25, 0.3) is 0 Å². The lowest BCUT2D eigenvalue weighted by atomic mass is 9.95. The van der Waals surface area contributed by atoms with Gasteiger partial charge in [-0.05, 0) is 12.8 Å². The standard InChI is InChI=1S/C11H18N2O4/c12-8-6-17-5-7(8)9(14)13-11(10(15)16)3-1-2-4-11/h7-8H,1-6,12H2,(H,13,14)(H,15,16). The summed E-state index contributed by atoms with van der Waals surface area (Å²) in [6.07, 6.45) is 2.66. The van der Waals surface area contributed by atoms with Crippen molar-refractivity contribution < 1.29 is 19.4 Å². The van der Waals surface area contributed by atoms with Gasteiger partial charge >= 0.3 is 5.97 Å². The van der Waals surface area contributed by atoms with E-state index in [0.717, 1.165) is 12.8 Å². The molecule has 4 N–H and O–H groups in total. The van der Waals surface area contributed by atoms with Crippen molar-refractivity contribution >= 4 is 11.9 Å². The van der Waals surface area contributed by atoms with E-state index in [-0.39, 0.29) is 18.6 Å². The highest BCUT2D eigenvalue weighted by molar-refractivity contribution is 5.88. The number of hydrogen-bond acceptors (Lipinski definition) is 4. The molecule has 96 valence electrons. The van der Waals surface area contributed by atoms with Crippen LogP contribution in [0.5, 0.6) is 0 Å². The smallest absolute Gasteiger partial charge is 0.329 e. The van der Waals surface area contributed by atoms with Gasteiger partial charge in [0.15, 0.2) is 0 Å². The zero-order valence-electron chi connectivity index (χ0n) is 9.65. The summed E-state index contributed by atoms with van der Waals surface area (Å²) in [4.78, 5) is 23.3. The summed E-state index contributed by atoms with van der Waals surface area (Å²) in [5.74, 6) is -1.66. The summed E-state index contributed by atoms with van der Waals surface area (Å²) >= 11 is 0. The average Bonchev–Trinajstić information content (AvgIpc) is 2.87. The van der Waals surface area contributed by atoms with Crippen LogP contribution in [0.2, 0.25) is 0 Å². The van der Waals surface area contributed by atoms with Gasteiger partial charge in [-0.1, -0.05) is 12.8 Å². The third kappa shape index (κ3) is 2.28. The SMILES string of the molecule is NC1COCC1C(=O)NC1(C(=O)O)CCCC1. The van der Waals surface area contributed by atoms with E-state index in [1.54, 1.807) is 0 Å². The second kappa shape index (κ2) is 4.62. The Balaban J connectivity index is 2.03. The lowest BCUT2D eigenvalue weighted by Gasteiger charge is -2.27. The fraction of sp³-hybridized carbons (Fsp3) is 0.818. The van der Waals surface area contributed by atoms with Gasteiger partial charge < -0.3 is 20.9 Å². The fourth-order valence-electron chi connectivity index (χ4n) is 2.54. The van der Waals surface area contributed by atoms with Crippen molar-refractivity contribution in [2.75, 3.05) is 13.2 Å². The molecule has 1 saturated heterocycles. The van der Waals surface area contributed by atoms with Crippen molar-refractivity contribution in [1.82, 2.24) is 5.32 Å². The molecule has 0 spiro atoms. The quantitative estimate of drug-likeness (QED) is 0.617. The van der Waals surface area contributed by atoms with E-state index in [2.05, 4.69) is 5.32 Å². The molecule has 1 aliphatic heterocycles. The van der Waals surface area contributed by atoms with Crippen LogP contribution in [0.4, 0.5) is 0 Å². The number of carboxylic acid groups (broad SMARTS) is 1. The van der Waals surface area contributed by atoms with E-state index in [1.807, 2.05) is 0 Å². The van der Waals surface area contributed by atoms with Crippen LogP contribution in [-0.2, 0) is 14.3 Å². The molecule has 2 fully saturated rings. The van der Waals surface area contributed by atoms with E-state index in [0.29, 0.717) is 19.4 Å². The van der Waals surface area contributed by atoms with Crippen LogP contribution >= 0.6 is 0 Å². The van der Waals surface area contributed by atoms with Gasteiger partial charge in [-0.25, -0.2) is 4.79 Å². The van der Waals surface area contributed by atoms with Crippen molar-refractivity contribution in [2.45, 2.75) is 37.3 Å². The molecule has 2 rings (SSSR count). The number of nitrogens with one attached hydrogen (secondary N) is 1.